The molecule has 0 amide bonds. The van der Waals surface area contributed by atoms with Crippen LogP contribution in [-0.2, 0) is 0 Å². The molecule has 9 heteroatoms. The summed E-state index contributed by atoms with van der Waals surface area (Å²) in [6.07, 6.45) is 2.42. The van der Waals surface area contributed by atoms with Crippen LogP contribution in [-0.4, -0.2) is 37.9 Å². The predicted molar refractivity (Wildman–Crippen MR) is 98.7 cm³/mol. The number of hydrogen-bond donors (Lipinski definition) is 3. The van der Waals surface area contributed by atoms with E-state index >= 15 is 0 Å². The summed E-state index contributed by atoms with van der Waals surface area (Å²) in [7, 11) is 0. The van der Waals surface area contributed by atoms with Crippen LogP contribution in [0.2, 0.25) is 0 Å². The molecule has 1 aliphatic rings. The van der Waals surface area contributed by atoms with Gasteiger partial charge in [0.1, 0.15) is 17.3 Å². The van der Waals surface area contributed by atoms with Gasteiger partial charge in [0.2, 0.25) is 5.95 Å². The topological polar surface area (TPSA) is 75.0 Å². The summed E-state index contributed by atoms with van der Waals surface area (Å²) >= 11 is 0. The molecule has 1 aromatic carbocycles. The van der Waals surface area contributed by atoms with E-state index in [2.05, 4.69) is 20.7 Å². The van der Waals surface area contributed by atoms with Crippen molar-refractivity contribution < 1.29 is 18.3 Å². The van der Waals surface area contributed by atoms with Crippen LogP contribution in [0.1, 0.15) is 13.8 Å². The van der Waals surface area contributed by atoms with Crippen LogP contribution in [0, 0.1) is 17.5 Å². The third kappa shape index (κ3) is 3.18. The lowest BCUT2D eigenvalue weighted by Crippen LogP contribution is -2.51. The number of aliphatic hydroxyl groups is 1. The van der Waals surface area contributed by atoms with Gasteiger partial charge in [-0.3, -0.25) is 4.98 Å². The Kier molecular flexibility index (Phi) is 4.26. The second-order valence-corrected chi connectivity index (χ2v) is 7.19. The average molecular weight is 389 g/mol. The fraction of sp³-hybridized carbons (Fsp3) is 0.263. The molecule has 1 aliphatic heterocycles. The van der Waals surface area contributed by atoms with Gasteiger partial charge >= 0.3 is 0 Å². The number of fused-ring (bicyclic) bond motifs is 1. The molecule has 146 valence electrons. The maximum Gasteiger partial charge on any atom is 0.222 e. The molecule has 2 aromatic heterocycles. The summed E-state index contributed by atoms with van der Waals surface area (Å²) in [4.78, 5) is 7.98. The molecule has 3 heterocycles. The van der Waals surface area contributed by atoms with Gasteiger partial charge in [0, 0.05) is 17.2 Å². The third-order valence-corrected chi connectivity index (χ3v) is 4.70. The minimum absolute atomic E-state index is 0.0799. The van der Waals surface area contributed by atoms with Crippen LogP contribution in [0.4, 0.5) is 19.1 Å². The molecule has 0 spiro atoms. The second-order valence-electron chi connectivity index (χ2n) is 7.19. The standard InChI is InChI=1S/C19H18F3N5O/c1-19(2,28)16-9-25-27-15(8-24-18(27)26-16)10-3-4-13(21)12(5-10)17-14(22)6-11(20)7-23-17/h3-8,16,25,28H,9H2,1-2H3,(H,24,26). The summed E-state index contributed by atoms with van der Waals surface area (Å²) in [6, 6.07) is 4.58. The molecule has 3 N–H and O–H groups in total. The number of halogens is 3. The van der Waals surface area contributed by atoms with Crippen molar-refractivity contribution in [3.05, 3.63) is 54.1 Å². The molecular weight excluding hydrogens is 371 g/mol. The predicted octanol–water partition coefficient (Wildman–Crippen LogP) is 3.14. The smallest absolute Gasteiger partial charge is 0.222 e. The van der Waals surface area contributed by atoms with Gasteiger partial charge in [0.15, 0.2) is 5.82 Å². The summed E-state index contributed by atoms with van der Waals surface area (Å²) in [5.74, 6) is -1.96. The highest BCUT2D eigenvalue weighted by Crippen LogP contribution is 2.31. The second kappa shape index (κ2) is 6.52. The first-order valence-corrected chi connectivity index (χ1v) is 8.66. The van der Waals surface area contributed by atoms with E-state index in [1.807, 2.05) is 0 Å². The maximum atomic E-state index is 14.3. The fourth-order valence-electron chi connectivity index (χ4n) is 3.11. The average Bonchev–Trinajstić information content (AvgIpc) is 3.05. The molecule has 0 saturated heterocycles. The molecule has 0 saturated carbocycles. The highest BCUT2D eigenvalue weighted by molar-refractivity contribution is 5.71. The van der Waals surface area contributed by atoms with Gasteiger partial charge < -0.3 is 15.8 Å². The first kappa shape index (κ1) is 18.3. The Labute approximate surface area is 159 Å². The van der Waals surface area contributed by atoms with Crippen molar-refractivity contribution in [2.24, 2.45) is 0 Å². The Bertz CT molecular complexity index is 1040. The Balaban J connectivity index is 1.73. The molecule has 4 rings (SSSR count). The lowest BCUT2D eigenvalue weighted by Gasteiger charge is -2.35. The Morgan fingerprint density at radius 2 is 1.89 bits per heavy atom. The van der Waals surface area contributed by atoms with E-state index in [1.54, 1.807) is 24.7 Å². The lowest BCUT2D eigenvalue weighted by molar-refractivity contribution is 0.0605. The van der Waals surface area contributed by atoms with Crippen LogP contribution in [0.3, 0.4) is 0 Å². The Morgan fingerprint density at radius 1 is 1.11 bits per heavy atom. The fourth-order valence-corrected chi connectivity index (χ4v) is 3.11. The van der Waals surface area contributed by atoms with Gasteiger partial charge in [-0.1, -0.05) is 0 Å². The first-order chi connectivity index (χ1) is 13.2. The number of benzene rings is 1. The van der Waals surface area contributed by atoms with Crippen molar-refractivity contribution in [3.63, 3.8) is 0 Å². The third-order valence-electron chi connectivity index (χ3n) is 4.70. The van der Waals surface area contributed by atoms with Gasteiger partial charge in [-0.15, -0.1) is 0 Å². The van der Waals surface area contributed by atoms with Gasteiger partial charge in [0.25, 0.3) is 0 Å². The summed E-state index contributed by atoms with van der Waals surface area (Å²) in [5.41, 5.74) is 3.03. The SMILES string of the molecule is CC(C)(O)C1CNn2c(-c3ccc(F)c(-c4ncc(F)cc4F)c3)cnc2N1. The van der Waals surface area contributed by atoms with Crippen LogP contribution < -0.4 is 10.7 Å². The number of rotatable bonds is 3. The molecule has 1 atom stereocenters. The van der Waals surface area contributed by atoms with E-state index in [0.29, 0.717) is 29.8 Å². The van der Waals surface area contributed by atoms with Crippen molar-refractivity contribution in [3.8, 4) is 22.5 Å². The number of nitrogens with one attached hydrogen (secondary N) is 2. The van der Waals surface area contributed by atoms with E-state index in [0.717, 1.165) is 6.20 Å². The number of aromatic nitrogens is 3. The monoisotopic (exact) mass is 389 g/mol. The van der Waals surface area contributed by atoms with E-state index in [4.69, 9.17) is 0 Å². The summed E-state index contributed by atoms with van der Waals surface area (Å²) < 4.78 is 43.2. The van der Waals surface area contributed by atoms with Gasteiger partial charge in [0.05, 0.1) is 36.3 Å². The quantitative estimate of drug-likeness (QED) is 0.642. The summed E-state index contributed by atoms with van der Waals surface area (Å²) in [6.45, 7) is 3.83. The highest BCUT2D eigenvalue weighted by Gasteiger charge is 2.31. The normalized spacial score (nSPS) is 16.3. The highest BCUT2D eigenvalue weighted by atomic mass is 19.1. The molecule has 0 radical (unpaired) electrons. The minimum Gasteiger partial charge on any atom is -0.388 e. The number of hydrogen-bond acceptors (Lipinski definition) is 5. The lowest BCUT2D eigenvalue weighted by atomic mass is 9.99. The first-order valence-electron chi connectivity index (χ1n) is 8.66. The molecule has 1 unspecified atom stereocenters. The van der Waals surface area contributed by atoms with Gasteiger partial charge in [-0.2, -0.15) is 0 Å². The number of nitrogens with zero attached hydrogens (tertiary/aromatic N) is 3. The van der Waals surface area contributed by atoms with Gasteiger partial charge in [-0.05, 0) is 32.0 Å². The zero-order valence-corrected chi connectivity index (χ0v) is 15.2. The van der Waals surface area contributed by atoms with Crippen LogP contribution in [0.5, 0.6) is 0 Å². The van der Waals surface area contributed by atoms with Gasteiger partial charge in [-0.25, -0.2) is 22.8 Å². The maximum absolute atomic E-state index is 14.3. The zero-order chi connectivity index (χ0) is 20.1. The number of pyridine rings is 1. The van der Waals surface area contributed by atoms with Crippen molar-refractivity contribution in [1.82, 2.24) is 14.6 Å². The molecule has 28 heavy (non-hydrogen) atoms. The van der Waals surface area contributed by atoms with E-state index in [1.165, 1.54) is 18.2 Å². The van der Waals surface area contributed by atoms with Crippen LogP contribution in [0.25, 0.3) is 22.5 Å². The Hall–Kier alpha value is -3.07. The molecule has 3 aromatic rings. The molecule has 0 aliphatic carbocycles. The summed E-state index contributed by atoms with van der Waals surface area (Å²) in [5, 5.41) is 13.3. The van der Waals surface area contributed by atoms with Crippen molar-refractivity contribution in [1.29, 1.82) is 0 Å². The van der Waals surface area contributed by atoms with Crippen molar-refractivity contribution >= 4 is 5.95 Å². The molecule has 0 bridgehead atoms. The van der Waals surface area contributed by atoms with Crippen molar-refractivity contribution in [2.75, 3.05) is 17.3 Å². The minimum atomic E-state index is -0.959. The largest absolute Gasteiger partial charge is 0.388 e. The van der Waals surface area contributed by atoms with E-state index < -0.39 is 23.1 Å². The zero-order valence-electron chi connectivity index (χ0n) is 15.2. The van der Waals surface area contributed by atoms with E-state index in [9.17, 15) is 18.3 Å². The molecule has 6 nitrogen and oxygen atoms in total. The number of imidazole rings is 1. The van der Waals surface area contributed by atoms with Crippen LogP contribution >= 0.6 is 0 Å². The van der Waals surface area contributed by atoms with Crippen LogP contribution in [0.15, 0.2) is 36.7 Å². The van der Waals surface area contributed by atoms with E-state index in [-0.39, 0.29) is 17.3 Å². The number of anilines is 1. The van der Waals surface area contributed by atoms with Crippen molar-refractivity contribution in [2.45, 2.75) is 25.5 Å². The Morgan fingerprint density at radius 3 is 2.61 bits per heavy atom. The molecule has 0 fully saturated rings. The molecular formula is C19H18F3N5O.